The zero-order chi connectivity index (χ0) is 14.0. The Kier molecular flexibility index (Phi) is 5.52. The van der Waals surface area contributed by atoms with Crippen molar-refractivity contribution in [1.82, 2.24) is 9.38 Å². The number of imidazole rings is 1. The van der Waals surface area contributed by atoms with Crippen molar-refractivity contribution in [2.45, 2.75) is 13.5 Å². The summed E-state index contributed by atoms with van der Waals surface area (Å²) < 4.78 is 7.74. The van der Waals surface area contributed by atoms with Crippen LogP contribution in [0, 0.1) is 0 Å². The summed E-state index contributed by atoms with van der Waals surface area (Å²) in [4.78, 5) is 16.3. The molecule has 2 aromatic rings. The van der Waals surface area contributed by atoms with Gasteiger partial charge < -0.3 is 33.2 Å². The molecule has 0 spiro atoms. The number of hydrogen-bond donors (Lipinski definition) is 0. The number of carbonyl (C=O) groups is 1. The molecule has 6 heteroatoms. The van der Waals surface area contributed by atoms with E-state index in [1.807, 2.05) is 22.7 Å². The fraction of sp³-hybridized carbons (Fsp3) is 0.429. The Morgan fingerprint density at radius 1 is 1.35 bits per heavy atom. The lowest BCUT2D eigenvalue weighted by atomic mass is 10.3. The molecule has 0 bridgehead atoms. The third kappa shape index (κ3) is 3.69. The van der Waals surface area contributed by atoms with Crippen molar-refractivity contribution >= 4 is 11.6 Å². The molecule has 2 aromatic heterocycles. The minimum absolute atomic E-state index is 0. The maximum atomic E-state index is 12.0. The van der Waals surface area contributed by atoms with Crippen LogP contribution >= 0.6 is 0 Å². The topological polar surface area (TPSA) is 43.6 Å². The molecule has 2 heterocycles. The molecule has 0 saturated heterocycles. The van der Waals surface area contributed by atoms with Gasteiger partial charge in [-0.3, -0.25) is 4.40 Å². The second-order valence-corrected chi connectivity index (χ2v) is 5.52. The smallest absolute Gasteiger partial charge is 0.355 e. The largest absolute Gasteiger partial charge is 1.00 e. The fourth-order valence-electron chi connectivity index (χ4n) is 2.06. The fourth-order valence-corrected chi connectivity index (χ4v) is 2.06. The van der Waals surface area contributed by atoms with E-state index in [-0.39, 0.29) is 29.9 Å². The van der Waals surface area contributed by atoms with Crippen LogP contribution in [0.5, 0.6) is 0 Å². The molecule has 0 aromatic carbocycles. The van der Waals surface area contributed by atoms with Crippen molar-refractivity contribution in [1.29, 1.82) is 0 Å². The molecule has 0 amide bonds. The van der Waals surface area contributed by atoms with Gasteiger partial charge in [0.2, 0.25) is 0 Å². The Balaban J connectivity index is 0.00000200. The number of aromatic nitrogens is 2. The third-order valence-electron chi connectivity index (χ3n) is 2.72. The van der Waals surface area contributed by atoms with E-state index in [0.717, 1.165) is 22.4 Å². The van der Waals surface area contributed by atoms with Crippen LogP contribution < -0.4 is 24.0 Å². The molecule has 0 radical (unpaired) electrons. The average Bonchev–Trinajstić information content (AvgIpc) is 2.70. The lowest BCUT2D eigenvalue weighted by molar-refractivity contribution is -0.884. The Hall–Kier alpha value is -1.15. The molecule has 20 heavy (non-hydrogen) atoms. The summed E-state index contributed by atoms with van der Waals surface area (Å²) in [5.41, 5.74) is 2.31. The Labute approximate surface area is 136 Å². The van der Waals surface area contributed by atoms with Gasteiger partial charge in [0.15, 0.2) is 0 Å². The molecule has 0 aliphatic heterocycles. The molecule has 0 N–H and O–H groups in total. The summed E-state index contributed by atoms with van der Waals surface area (Å²) in [5, 5.41) is 0. The van der Waals surface area contributed by atoms with E-state index in [9.17, 15) is 4.79 Å². The van der Waals surface area contributed by atoms with E-state index in [4.69, 9.17) is 4.74 Å². The van der Waals surface area contributed by atoms with Crippen LogP contribution in [-0.4, -0.2) is 47.6 Å². The lowest BCUT2D eigenvalue weighted by Gasteiger charge is -2.23. The molecule has 0 aliphatic rings. The van der Waals surface area contributed by atoms with Gasteiger partial charge in [-0.05, 0) is 19.1 Å². The van der Waals surface area contributed by atoms with Crippen molar-refractivity contribution in [2.24, 2.45) is 0 Å². The number of nitrogens with zero attached hydrogens (tertiary/aromatic N) is 3. The van der Waals surface area contributed by atoms with Gasteiger partial charge in [0.1, 0.15) is 17.9 Å². The Morgan fingerprint density at radius 3 is 2.65 bits per heavy atom. The highest BCUT2D eigenvalue weighted by atomic mass is 127. The number of carbonyl (C=O) groups excluding carboxylic acids is 1. The quantitative estimate of drug-likeness (QED) is 0.372. The summed E-state index contributed by atoms with van der Waals surface area (Å²) in [6.45, 7) is 2.96. The van der Waals surface area contributed by atoms with Crippen LogP contribution in [0.25, 0.3) is 5.65 Å². The van der Waals surface area contributed by atoms with Gasteiger partial charge in [-0.2, -0.15) is 0 Å². The standard InChI is InChI=1S/C14H20N3O2.HI/c1-5-19-14(18)12-7-6-8-13-15-9-11(16(12)13)10-17(2,3)4;/h6-9H,5,10H2,1-4H3;1H/q+1;/p-1. The zero-order valence-electron chi connectivity index (χ0n) is 12.3. The zero-order valence-corrected chi connectivity index (χ0v) is 14.4. The lowest BCUT2D eigenvalue weighted by Crippen LogP contribution is -3.00. The summed E-state index contributed by atoms with van der Waals surface area (Å²) >= 11 is 0. The Morgan fingerprint density at radius 2 is 2.05 bits per heavy atom. The van der Waals surface area contributed by atoms with Gasteiger partial charge in [-0.15, -0.1) is 0 Å². The van der Waals surface area contributed by atoms with E-state index in [2.05, 4.69) is 26.1 Å². The number of ether oxygens (including phenoxy) is 1. The monoisotopic (exact) mass is 389 g/mol. The maximum absolute atomic E-state index is 12.0. The molecule has 2 rings (SSSR count). The van der Waals surface area contributed by atoms with Crippen LogP contribution in [0.3, 0.4) is 0 Å². The predicted octanol–water partition coefficient (Wildman–Crippen LogP) is -1.28. The van der Waals surface area contributed by atoms with Crippen LogP contribution in [0.4, 0.5) is 0 Å². The molecular weight excluding hydrogens is 369 g/mol. The maximum Gasteiger partial charge on any atom is 0.355 e. The Bertz CT molecular complexity index is 602. The van der Waals surface area contributed by atoms with Gasteiger partial charge in [0.25, 0.3) is 0 Å². The number of pyridine rings is 1. The third-order valence-corrected chi connectivity index (χ3v) is 2.72. The van der Waals surface area contributed by atoms with E-state index >= 15 is 0 Å². The van der Waals surface area contributed by atoms with Crippen molar-refractivity contribution in [3.63, 3.8) is 0 Å². The SMILES string of the molecule is CCOC(=O)c1cccc2ncc(C[N+](C)(C)C)n12.[I-]. The molecule has 0 atom stereocenters. The minimum Gasteiger partial charge on any atom is -1.00 e. The number of halogens is 1. The van der Waals surface area contributed by atoms with E-state index < -0.39 is 0 Å². The van der Waals surface area contributed by atoms with Crippen LogP contribution in [0.1, 0.15) is 23.1 Å². The molecular formula is C14H20IN3O2. The van der Waals surface area contributed by atoms with Gasteiger partial charge in [0, 0.05) is 0 Å². The van der Waals surface area contributed by atoms with Gasteiger partial charge in [0.05, 0.1) is 39.6 Å². The number of rotatable bonds is 4. The van der Waals surface area contributed by atoms with Gasteiger partial charge in [-0.1, -0.05) is 6.07 Å². The highest BCUT2D eigenvalue weighted by molar-refractivity contribution is 5.88. The first-order valence-corrected chi connectivity index (χ1v) is 6.35. The summed E-state index contributed by atoms with van der Waals surface area (Å²) in [5.74, 6) is -0.311. The molecule has 0 saturated carbocycles. The van der Waals surface area contributed by atoms with Crippen LogP contribution in [0.2, 0.25) is 0 Å². The first-order valence-electron chi connectivity index (χ1n) is 6.35. The number of esters is 1. The first kappa shape index (κ1) is 16.9. The average molecular weight is 389 g/mol. The predicted molar refractivity (Wildman–Crippen MR) is 72.9 cm³/mol. The van der Waals surface area contributed by atoms with E-state index in [0.29, 0.717) is 12.3 Å². The number of fused-ring (bicyclic) bond motifs is 1. The summed E-state index contributed by atoms with van der Waals surface area (Å²) in [6, 6.07) is 5.48. The second kappa shape index (κ2) is 6.53. The molecule has 110 valence electrons. The van der Waals surface area contributed by atoms with Crippen molar-refractivity contribution in [3.05, 3.63) is 35.8 Å². The minimum atomic E-state index is -0.311. The normalized spacial score (nSPS) is 11.2. The highest BCUT2D eigenvalue weighted by Gasteiger charge is 2.18. The first-order chi connectivity index (χ1) is 8.92. The van der Waals surface area contributed by atoms with Gasteiger partial charge in [-0.25, -0.2) is 9.78 Å². The molecule has 5 nitrogen and oxygen atoms in total. The van der Waals surface area contributed by atoms with Gasteiger partial charge >= 0.3 is 5.97 Å². The number of quaternary nitrogens is 1. The second-order valence-electron chi connectivity index (χ2n) is 5.52. The van der Waals surface area contributed by atoms with Crippen LogP contribution in [0.15, 0.2) is 24.4 Å². The molecule has 0 fully saturated rings. The van der Waals surface area contributed by atoms with Crippen molar-refractivity contribution in [2.75, 3.05) is 27.7 Å². The van der Waals surface area contributed by atoms with Crippen molar-refractivity contribution in [3.8, 4) is 0 Å². The summed E-state index contributed by atoms with van der Waals surface area (Å²) in [6.07, 6.45) is 1.82. The van der Waals surface area contributed by atoms with E-state index in [1.165, 1.54) is 0 Å². The van der Waals surface area contributed by atoms with Crippen molar-refractivity contribution < 1.29 is 38.0 Å². The summed E-state index contributed by atoms with van der Waals surface area (Å²) in [7, 11) is 6.31. The van der Waals surface area contributed by atoms with E-state index in [1.54, 1.807) is 13.0 Å². The number of hydrogen-bond acceptors (Lipinski definition) is 3. The molecule has 0 aliphatic carbocycles. The molecule has 0 unspecified atom stereocenters. The van der Waals surface area contributed by atoms with Crippen LogP contribution in [-0.2, 0) is 11.3 Å². The highest BCUT2D eigenvalue weighted by Crippen LogP contribution is 2.14.